The van der Waals surface area contributed by atoms with Crippen molar-refractivity contribution in [2.24, 2.45) is 0 Å². The first-order chi connectivity index (χ1) is 5.07. The Kier molecular flexibility index (Phi) is 3.26. The molecule has 0 aliphatic heterocycles. The van der Waals surface area contributed by atoms with E-state index in [1.165, 1.54) is 0 Å². The number of rotatable bonds is 1. The maximum Gasteiger partial charge on any atom is 0.110 e. The molecular formula is C9H19NOS. The Morgan fingerprint density at radius 3 is 1.58 bits per heavy atom. The lowest BCUT2D eigenvalue weighted by atomic mass is 10.0. The van der Waals surface area contributed by atoms with E-state index in [1.807, 2.05) is 11.9 Å². The molecule has 0 radical (unpaired) electrons. The second-order valence-corrected chi connectivity index (χ2v) is 4.98. The number of hydrogen-bond donors (Lipinski definition) is 1. The van der Waals surface area contributed by atoms with E-state index in [9.17, 15) is 5.11 Å². The fourth-order valence-electron chi connectivity index (χ4n) is 0.715. The molecular weight excluding hydrogens is 170 g/mol. The molecule has 0 rings (SSSR count). The van der Waals surface area contributed by atoms with E-state index < -0.39 is 5.60 Å². The number of aliphatic hydroxyl groups is 1. The van der Waals surface area contributed by atoms with Crippen LogP contribution in [0.4, 0.5) is 0 Å². The fraction of sp³-hybridized carbons (Fsp3) is 0.889. The molecule has 0 aliphatic carbocycles. The van der Waals surface area contributed by atoms with Crippen molar-refractivity contribution < 1.29 is 5.11 Å². The minimum Gasteiger partial charge on any atom is -0.383 e. The molecule has 3 heteroatoms. The molecule has 0 unspecified atom stereocenters. The normalized spacial score (nSPS) is 12.9. The Hall–Kier alpha value is -0.150. The topological polar surface area (TPSA) is 23.5 Å². The average Bonchev–Trinajstić information content (AvgIpc) is 1.80. The van der Waals surface area contributed by atoms with Crippen LogP contribution in [0.15, 0.2) is 0 Å². The summed E-state index contributed by atoms with van der Waals surface area (Å²) >= 11 is 5.14. The van der Waals surface area contributed by atoms with Crippen LogP contribution < -0.4 is 0 Å². The van der Waals surface area contributed by atoms with E-state index >= 15 is 0 Å². The molecule has 0 spiro atoms. The van der Waals surface area contributed by atoms with E-state index in [4.69, 9.17) is 12.2 Å². The summed E-state index contributed by atoms with van der Waals surface area (Å²) in [5.74, 6) is 0. The van der Waals surface area contributed by atoms with Crippen molar-refractivity contribution in [1.29, 1.82) is 0 Å². The molecule has 0 heterocycles. The molecule has 0 saturated carbocycles. The molecule has 0 aromatic heterocycles. The highest BCUT2D eigenvalue weighted by atomic mass is 32.1. The van der Waals surface area contributed by atoms with Gasteiger partial charge < -0.3 is 10.0 Å². The first kappa shape index (κ1) is 11.8. The third kappa shape index (κ3) is 3.07. The predicted molar refractivity (Wildman–Crippen MR) is 56.4 cm³/mol. The van der Waals surface area contributed by atoms with Gasteiger partial charge in [0.25, 0.3) is 0 Å². The largest absolute Gasteiger partial charge is 0.383 e. The first-order valence-electron chi connectivity index (χ1n) is 4.07. The Morgan fingerprint density at radius 2 is 1.50 bits per heavy atom. The van der Waals surface area contributed by atoms with Crippen molar-refractivity contribution in [3.8, 4) is 0 Å². The molecule has 1 N–H and O–H groups in total. The summed E-state index contributed by atoms with van der Waals surface area (Å²) in [6.45, 7) is 9.59. The summed E-state index contributed by atoms with van der Waals surface area (Å²) in [6, 6.07) is 0. The third-order valence-corrected chi connectivity index (χ3v) is 2.61. The van der Waals surface area contributed by atoms with Crippen LogP contribution in [0.5, 0.6) is 0 Å². The second-order valence-electron chi connectivity index (χ2n) is 4.59. The summed E-state index contributed by atoms with van der Waals surface area (Å²) in [6.07, 6.45) is 0. The van der Waals surface area contributed by atoms with Crippen molar-refractivity contribution in [3.63, 3.8) is 0 Å². The van der Waals surface area contributed by atoms with Gasteiger partial charge in [-0.2, -0.15) is 0 Å². The van der Waals surface area contributed by atoms with Crippen molar-refractivity contribution in [2.45, 2.75) is 45.8 Å². The molecule has 72 valence electrons. The quantitative estimate of drug-likeness (QED) is 0.636. The standard InChI is InChI=1S/C9H19NOS/c1-8(2,3)10(6)7(12)9(4,5)11/h11H,1-6H3. The zero-order chi connectivity index (χ0) is 10.2. The highest BCUT2D eigenvalue weighted by Gasteiger charge is 2.28. The predicted octanol–water partition coefficient (Wildman–Crippen LogP) is 1.81. The van der Waals surface area contributed by atoms with Gasteiger partial charge in [-0.3, -0.25) is 0 Å². The molecule has 2 nitrogen and oxygen atoms in total. The van der Waals surface area contributed by atoms with Gasteiger partial charge >= 0.3 is 0 Å². The van der Waals surface area contributed by atoms with Gasteiger partial charge in [-0.25, -0.2) is 0 Å². The van der Waals surface area contributed by atoms with Crippen LogP contribution >= 0.6 is 12.2 Å². The van der Waals surface area contributed by atoms with Gasteiger partial charge in [-0.15, -0.1) is 0 Å². The zero-order valence-electron chi connectivity index (χ0n) is 8.80. The molecule has 12 heavy (non-hydrogen) atoms. The lowest BCUT2D eigenvalue weighted by molar-refractivity contribution is 0.129. The van der Waals surface area contributed by atoms with E-state index in [1.54, 1.807) is 13.8 Å². The van der Waals surface area contributed by atoms with Crippen molar-refractivity contribution in [3.05, 3.63) is 0 Å². The Bertz CT molecular complexity index is 176. The van der Waals surface area contributed by atoms with Crippen LogP contribution in [-0.4, -0.2) is 33.2 Å². The Balaban J connectivity index is 4.53. The fourth-order valence-corrected chi connectivity index (χ4v) is 0.989. The van der Waals surface area contributed by atoms with Gasteiger partial charge in [0.1, 0.15) is 10.6 Å². The Morgan fingerprint density at radius 1 is 1.17 bits per heavy atom. The van der Waals surface area contributed by atoms with E-state index in [0.29, 0.717) is 4.99 Å². The minimum atomic E-state index is -0.905. The van der Waals surface area contributed by atoms with Gasteiger partial charge in [0.05, 0.1) is 0 Å². The average molecular weight is 189 g/mol. The number of nitrogens with zero attached hydrogens (tertiary/aromatic N) is 1. The number of hydrogen-bond acceptors (Lipinski definition) is 2. The van der Waals surface area contributed by atoms with Crippen LogP contribution in [-0.2, 0) is 0 Å². The summed E-state index contributed by atoms with van der Waals surface area (Å²) in [5, 5.41) is 9.64. The maximum atomic E-state index is 9.64. The van der Waals surface area contributed by atoms with Crippen LogP contribution in [0.25, 0.3) is 0 Å². The molecule has 0 aliphatic rings. The smallest absolute Gasteiger partial charge is 0.110 e. The zero-order valence-corrected chi connectivity index (χ0v) is 9.62. The van der Waals surface area contributed by atoms with Gasteiger partial charge in [-0.1, -0.05) is 12.2 Å². The van der Waals surface area contributed by atoms with Gasteiger partial charge in [0.2, 0.25) is 0 Å². The second kappa shape index (κ2) is 3.30. The number of likely N-dealkylation sites (N-methyl/N-ethyl adjacent to an activating group) is 1. The summed E-state index contributed by atoms with van der Waals surface area (Å²) in [7, 11) is 1.90. The summed E-state index contributed by atoms with van der Waals surface area (Å²) in [4.78, 5) is 2.50. The molecule has 0 bridgehead atoms. The molecule has 0 saturated heterocycles. The van der Waals surface area contributed by atoms with Gasteiger partial charge in [0.15, 0.2) is 0 Å². The van der Waals surface area contributed by atoms with E-state index in [-0.39, 0.29) is 5.54 Å². The van der Waals surface area contributed by atoms with Gasteiger partial charge in [0, 0.05) is 12.6 Å². The molecule has 0 fully saturated rings. The monoisotopic (exact) mass is 189 g/mol. The van der Waals surface area contributed by atoms with Crippen LogP contribution in [0, 0.1) is 0 Å². The molecule has 0 atom stereocenters. The van der Waals surface area contributed by atoms with Crippen molar-refractivity contribution in [1.82, 2.24) is 4.90 Å². The molecule has 0 aromatic carbocycles. The first-order valence-corrected chi connectivity index (χ1v) is 4.48. The number of thiocarbonyl (C=S) groups is 1. The Labute approximate surface area is 80.6 Å². The van der Waals surface area contributed by atoms with Crippen LogP contribution in [0.3, 0.4) is 0 Å². The maximum absolute atomic E-state index is 9.64. The minimum absolute atomic E-state index is 0.0307. The highest BCUT2D eigenvalue weighted by molar-refractivity contribution is 7.80. The molecule has 0 aromatic rings. The van der Waals surface area contributed by atoms with Crippen LogP contribution in [0.2, 0.25) is 0 Å². The lowest BCUT2D eigenvalue weighted by Crippen LogP contribution is -2.50. The summed E-state index contributed by atoms with van der Waals surface area (Å²) in [5.41, 5.74) is -0.936. The summed E-state index contributed by atoms with van der Waals surface area (Å²) < 4.78 is 0. The van der Waals surface area contributed by atoms with Crippen LogP contribution in [0.1, 0.15) is 34.6 Å². The third-order valence-electron chi connectivity index (χ3n) is 1.83. The highest BCUT2D eigenvalue weighted by Crippen LogP contribution is 2.17. The van der Waals surface area contributed by atoms with Crippen molar-refractivity contribution >= 4 is 17.2 Å². The van der Waals surface area contributed by atoms with Crippen molar-refractivity contribution in [2.75, 3.05) is 7.05 Å². The van der Waals surface area contributed by atoms with Gasteiger partial charge in [-0.05, 0) is 34.6 Å². The SMILES string of the molecule is CN(C(=S)C(C)(C)O)C(C)(C)C. The van der Waals surface area contributed by atoms with E-state index in [2.05, 4.69) is 20.8 Å². The lowest BCUT2D eigenvalue weighted by Gasteiger charge is -2.38. The molecule has 0 amide bonds. The van der Waals surface area contributed by atoms with E-state index in [0.717, 1.165) is 0 Å².